The minimum Gasteiger partial charge on any atom is -0.476 e. The van der Waals surface area contributed by atoms with Crippen LogP contribution in [0.3, 0.4) is 0 Å². The number of aromatic nitrogens is 1. The third-order valence-electron chi connectivity index (χ3n) is 2.86. The number of halogens is 1. The van der Waals surface area contributed by atoms with Crippen molar-refractivity contribution in [3.8, 4) is 5.88 Å². The van der Waals surface area contributed by atoms with Crippen molar-refractivity contribution < 1.29 is 9.13 Å². The highest BCUT2D eigenvalue weighted by Gasteiger charge is 2.07. The number of nitrogens with one attached hydrogen (secondary N) is 1. The second kappa shape index (κ2) is 6.23. The highest BCUT2D eigenvalue weighted by atomic mass is 19.1. The molecule has 0 radical (unpaired) electrons. The fourth-order valence-corrected chi connectivity index (χ4v) is 1.72. The number of anilines is 3. The number of hydrogen-bond acceptors (Lipinski definition) is 4. The van der Waals surface area contributed by atoms with Crippen LogP contribution >= 0.6 is 0 Å². The first kappa shape index (κ1) is 14.1. The molecule has 0 aliphatic rings. The molecule has 0 aliphatic carbocycles. The van der Waals surface area contributed by atoms with Crippen molar-refractivity contribution in [3.05, 3.63) is 41.7 Å². The Hall–Kier alpha value is -2.30. The fraction of sp³-hybridized carbons (Fsp3) is 0.267. The molecule has 0 saturated carbocycles. The number of ether oxygens (including phenoxy) is 1. The monoisotopic (exact) mass is 275 g/mol. The van der Waals surface area contributed by atoms with Crippen LogP contribution in [-0.2, 0) is 0 Å². The number of nitrogen functional groups attached to an aromatic ring is 1. The highest BCUT2D eigenvalue weighted by molar-refractivity contribution is 5.63. The third kappa shape index (κ3) is 3.17. The van der Waals surface area contributed by atoms with Gasteiger partial charge in [-0.3, -0.25) is 0 Å². The Morgan fingerprint density at radius 1 is 1.30 bits per heavy atom. The number of benzene rings is 1. The minimum atomic E-state index is -0.257. The Balaban J connectivity index is 2.23. The summed E-state index contributed by atoms with van der Waals surface area (Å²) in [6, 6.07) is 8.32. The quantitative estimate of drug-likeness (QED) is 0.874. The van der Waals surface area contributed by atoms with E-state index in [4.69, 9.17) is 10.5 Å². The summed E-state index contributed by atoms with van der Waals surface area (Å²) < 4.78 is 19.0. The summed E-state index contributed by atoms with van der Waals surface area (Å²) in [5.74, 6) is 0.706. The van der Waals surface area contributed by atoms with Crippen molar-refractivity contribution in [1.82, 2.24) is 4.98 Å². The molecule has 1 aromatic heterocycles. The molecule has 5 heteroatoms. The largest absolute Gasteiger partial charge is 0.476 e. The summed E-state index contributed by atoms with van der Waals surface area (Å²) in [6.07, 6.45) is 0.877. The van der Waals surface area contributed by atoms with Gasteiger partial charge in [-0.05, 0) is 37.6 Å². The molecule has 4 nitrogen and oxygen atoms in total. The van der Waals surface area contributed by atoms with Crippen molar-refractivity contribution in [1.29, 1.82) is 0 Å². The summed E-state index contributed by atoms with van der Waals surface area (Å²) in [6.45, 7) is 4.28. The third-order valence-corrected chi connectivity index (χ3v) is 2.86. The molecule has 1 heterocycles. The van der Waals surface area contributed by atoms with Crippen LogP contribution in [0.4, 0.5) is 21.6 Å². The molecule has 0 amide bonds. The zero-order chi connectivity index (χ0) is 14.5. The van der Waals surface area contributed by atoms with Gasteiger partial charge < -0.3 is 15.8 Å². The van der Waals surface area contributed by atoms with E-state index in [-0.39, 0.29) is 5.82 Å². The molecule has 0 spiro atoms. The van der Waals surface area contributed by atoms with Crippen molar-refractivity contribution in [3.63, 3.8) is 0 Å². The van der Waals surface area contributed by atoms with Crippen LogP contribution < -0.4 is 15.8 Å². The summed E-state index contributed by atoms with van der Waals surface area (Å²) >= 11 is 0. The maximum atomic E-state index is 13.5. The Labute approximate surface area is 117 Å². The number of hydrogen-bond donors (Lipinski definition) is 2. The predicted molar refractivity (Wildman–Crippen MR) is 78.9 cm³/mol. The van der Waals surface area contributed by atoms with E-state index in [9.17, 15) is 4.39 Å². The van der Waals surface area contributed by atoms with E-state index < -0.39 is 0 Å². The molecule has 0 unspecified atom stereocenters. The van der Waals surface area contributed by atoms with Gasteiger partial charge in [-0.1, -0.05) is 13.0 Å². The molecule has 106 valence electrons. The number of nitrogens with two attached hydrogens (primary N) is 1. The summed E-state index contributed by atoms with van der Waals surface area (Å²) in [7, 11) is 0. The van der Waals surface area contributed by atoms with Crippen molar-refractivity contribution in [2.24, 2.45) is 0 Å². The molecule has 0 aliphatic heterocycles. The van der Waals surface area contributed by atoms with Crippen LogP contribution in [0, 0.1) is 12.7 Å². The first-order chi connectivity index (χ1) is 9.61. The van der Waals surface area contributed by atoms with E-state index in [0.29, 0.717) is 35.2 Å². The first-order valence-corrected chi connectivity index (χ1v) is 6.53. The lowest BCUT2D eigenvalue weighted by molar-refractivity contribution is 0.307. The molecule has 2 rings (SSSR count). The van der Waals surface area contributed by atoms with Gasteiger partial charge in [-0.15, -0.1) is 0 Å². The van der Waals surface area contributed by atoms with Gasteiger partial charge in [0.1, 0.15) is 11.6 Å². The van der Waals surface area contributed by atoms with Gasteiger partial charge in [0, 0.05) is 11.3 Å². The number of nitrogens with zero attached hydrogens (tertiary/aromatic N) is 1. The maximum Gasteiger partial charge on any atom is 0.239 e. The SMILES string of the molecule is CCCOc1nc(Nc2cccc(F)c2C)ccc1N. The Morgan fingerprint density at radius 3 is 2.85 bits per heavy atom. The molecular formula is C15H18FN3O. The molecule has 20 heavy (non-hydrogen) atoms. The Kier molecular flexibility index (Phi) is 4.40. The molecule has 0 atom stereocenters. The lowest BCUT2D eigenvalue weighted by atomic mass is 10.2. The first-order valence-electron chi connectivity index (χ1n) is 6.53. The fourth-order valence-electron chi connectivity index (χ4n) is 1.72. The summed E-state index contributed by atoms with van der Waals surface area (Å²) in [4.78, 5) is 4.30. The maximum absolute atomic E-state index is 13.5. The van der Waals surface area contributed by atoms with Crippen LogP contribution in [0.5, 0.6) is 5.88 Å². The second-order valence-corrected chi connectivity index (χ2v) is 4.48. The van der Waals surface area contributed by atoms with Gasteiger partial charge >= 0.3 is 0 Å². The lowest BCUT2D eigenvalue weighted by Crippen LogP contribution is -2.04. The zero-order valence-corrected chi connectivity index (χ0v) is 11.6. The number of rotatable bonds is 5. The average Bonchev–Trinajstić information content (AvgIpc) is 2.44. The van der Waals surface area contributed by atoms with Crippen LogP contribution in [0.2, 0.25) is 0 Å². The van der Waals surface area contributed by atoms with E-state index >= 15 is 0 Å². The van der Waals surface area contributed by atoms with E-state index in [1.165, 1.54) is 6.07 Å². The summed E-state index contributed by atoms with van der Waals surface area (Å²) in [5.41, 5.74) is 7.50. The molecule has 3 N–H and O–H groups in total. The molecule has 2 aromatic rings. The van der Waals surface area contributed by atoms with Gasteiger partial charge in [-0.25, -0.2) is 4.39 Å². The van der Waals surface area contributed by atoms with Crippen molar-refractivity contribution in [2.75, 3.05) is 17.7 Å². The van der Waals surface area contributed by atoms with Crippen LogP contribution in [0.1, 0.15) is 18.9 Å². The van der Waals surface area contributed by atoms with Gasteiger partial charge in [0.05, 0.1) is 12.3 Å². The average molecular weight is 275 g/mol. The Bertz CT molecular complexity index is 602. The minimum absolute atomic E-state index is 0.257. The molecule has 1 aromatic carbocycles. The van der Waals surface area contributed by atoms with E-state index in [0.717, 1.165) is 6.42 Å². The molecule has 0 bridgehead atoms. The van der Waals surface area contributed by atoms with Gasteiger partial charge in [0.25, 0.3) is 0 Å². The zero-order valence-electron chi connectivity index (χ0n) is 11.6. The van der Waals surface area contributed by atoms with E-state index in [1.54, 1.807) is 31.2 Å². The summed E-state index contributed by atoms with van der Waals surface area (Å²) in [5, 5.41) is 3.07. The van der Waals surface area contributed by atoms with Crippen LogP contribution in [0.25, 0.3) is 0 Å². The molecule has 0 saturated heterocycles. The van der Waals surface area contributed by atoms with Crippen molar-refractivity contribution in [2.45, 2.75) is 20.3 Å². The molecule has 0 fully saturated rings. The number of pyridine rings is 1. The van der Waals surface area contributed by atoms with Gasteiger partial charge in [0.2, 0.25) is 5.88 Å². The van der Waals surface area contributed by atoms with Crippen molar-refractivity contribution >= 4 is 17.2 Å². The van der Waals surface area contributed by atoms with Crippen LogP contribution in [0.15, 0.2) is 30.3 Å². The van der Waals surface area contributed by atoms with E-state index in [1.807, 2.05) is 6.92 Å². The lowest BCUT2D eigenvalue weighted by Gasteiger charge is -2.12. The molecular weight excluding hydrogens is 257 g/mol. The predicted octanol–water partition coefficient (Wildman–Crippen LogP) is 3.64. The van der Waals surface area contributed by atoms with Gasteiger partial charge in [-0.2, -0.15) is 4.98 Å². The normalized spacial score (nSPS) is 10.3. The highest BCUT2D eigenvalue weighted by Crippen LogP contribution is 2.25. The van der Waals surface area contributed by atoms with Gasteiger partial charge in [0.15, 0.2) is 0 Å². The second-order valence-electron chi connectivity index (χ2n) is 4.48. The van der Waals surface area contributed by atoms with Crippen LogP contribution in [-0.4, -0.2) is 11.6 Å². The topological polar surface area (TPSA) is 60.2 Å². The van der Waals surface area contributed by atoms with E-state index in [2.05, 4.69) is 10.3 Å². The smallest absolute Gasteiger partial charge is 0.239 e. The Morgan fingerprint density at radius 2 is 2.10 bits per heavy atom. The standard InChI is InChI=1S/C15H18FN3O/c1-3-9-20-15-12(17)7-8-14(19-15)18-13-6-4-5-11(16)10(13)2/h4-8H,3,9,17H2,1-2H3,(H,18,19).